The van der Waals surface area contributed by atoms with E-state index in [1.165, 1.54) is 0 Å². The van der Waals surface area contributed by atoms with Crippen molar-refractivity contribution in [1.29, 1.82) is 0 Å². The Hall–Kier alpha value is -1.98. The second kappa shape index (κ2) is 5.56. The molecule has 20 heavy (non-hydrogen) atoms. The lowest BCUT2D eigenvalue weighted by Crippen LogP contribution is -2.55. The van der Waals surface area contributed by atoms with Crippen LogP contribution in [-0.4, -0.2) is 32.7 Å². The van der Waals surface area contributed by atoms with Crippen LogP contribution >= 0.6 is 0 Å². The zero-order valence-corrected chi connectivity index (χ0v) is 11.8. The van der Waals surface area contributed by atoms with Crippen molar-refractivity contribution in [3.05, 3.63) is 23.0 Å². The average molecular weight is 277 g/mol. The van der Waals surface area contributed by atoms with Crippen LogP contribution in [0.25, 0.3) is 0 Å². The van der Waals surface area contributed by atoms with Gasteiger partial charge in [0.25, 0.3) is 5.91 Å². The zero-order chi connectivity index (χ0) is 14.8. The van der Waals surface area contributed by atoms with Gasteiger partial charge in [-0.15, -0.1) is 0 Å². The molecule has 1 amide bonds. The van der Waals surface area contributed by atoms with Gasteiger partial charge < -0.3 is 10.4 Å². The number of carboxylic acids is 1. The lowest BCUT2D eigenvalue weighted by molar-refractivity contribution is -0.145. The van der Waals surface area contributed by atoms with Crippen LogP contribution in [0.2, 0.25) is 0 Å². The molecule has 1 aromatic rings. The fraction of sp³-hybridized carbons (Fsp3) is 0.571. The highest BCUT2D eigenvalue weighted by Crippen LogP contribution is 2.29. The number of carbonyl (C=O) groups is 2. The quantitative estimate of drug-likeness (QED) is 0.875. The lowest BCUT2D eigenvalue weighted by Gasteiger charge is -2.34. The van der Waals surface area contributed by atoms with Gasteiger partial charge in [-0.25, -0.2) is 4.79 Å². The first-order valence-electron chi connectivity index (χ1n) is 6.81. The molecule has 1 aliphatic rings. The van der Waals surface area contributed by atoms with Crippen molar-refractivity contribution in [3.63, 3.8) is 0 Å². The number of aliphatic carboxylic acids is 1. The van der Waals surface area contributed by atoms with Crippen molar-refractivity contribution >= 4 is 11.9 Å². The van der Waals surface area contributed by atoms with Gasteiger partial charge in [-0.2, -0.15) is 10.2 Å². The molecule has 0 aliphatic heterocycles. The summed E-state index contributed by atoms with van der Waals surface area (Å²) in [7, 11) is 0. The van der Waals surface area contributed by atoms with Gasteiger partial charge in [-0.05, 0) is 32.8 Å². The molecule has 6 nitrogen and oxygen atoms in total. The van der Waals surface area contributed by atoms with E-state index >= 15 is 0 Å². The fourth-order valence-corrected chi connectivity index (χ4v) is 2.61. The van der Waals surface area contributed by atoms with E-state index in [-0.39, 0.29) is 5.91 Å². The third kappa shape index (κ3) is 2.79. The van der Waals surface area contributed by atoms with Crippen molar-refractivity contribution in [2.45, 2.75) is 51.5 Å². The molecule has 1 heterocycles. The van der Waals surface area contributed by atoms with Crippen LogP contribution in [0.5, 0.6) is 0 Å². The Kier molecular flexibility index (Phi) is 4.01. The smallest absolute Gasteiger partial charge is 0.329 e. The summed E-state index contributed by atoms with van der Waals surface area (Å²) in [4.78, 5) is 23.9. The van der Waals surface area contributed by atoms with Crippen LogP contribution in [0.4, 0.5) is 0 Å². The normalized spacial score (nSPS) is 17.5. The van der Waals surface area contributed by atoms with E-state index in [0.717, 1.165) is 19.3 Å². The van der Waals surface area contributed by atoms with Crippen LogP contribution in [-0.2, 0) is 4.79 Å². The molecular formula is C14H19N3O3. The van der Waals surface area contributed by atoms with Crippen molar-refractivity contribution in [2.75, 3.05) is 0 Å². The maximum absolute atomic E-state index is 12.4. The molecule has 0 radical (unpaired) electrons. The number of amides is 1. The molecule has 1 fully saturated rings. The van der Waals surface area contributed by atoms with Gasteiger partial charge in [0.2, 0.25) is 0 Å². The minimum absolute atomic E-state index is 0.384. The van der Waals surface area contributed by atoms with Gasteiger partial charge in [-0.1, -0.05) is 19.3 Å². The maximum atomic E-state index is 12.4. The number of hydrogen-bond acceptors (Lipinski definition) is 4. The topological polar surface area (TPSA) is 92.2 Å². The highest BCUT2D eigenvalue weighted by atomic mass is 16.4. The highest BCUT2D eigenvalue weighted by Gasteiger charge is 2.41. The van der Waals surface area contributed by atoms with Crippen LogP contribution in [0.3, 0.4) is 0 Å². The summed E-state index contributed by atoms with van der Waals surface area (Å²) in [6, 6.07) is 1.63. The zero-order valence-electron chi connectivity index (χ0n) is 11.8. The Morgan fingerprint density at radius 2 is 1.85 bits per heavy atom. The Morgan fingerprint density at radius 3 is 2.45 bits per heavy atom. The molecule has 0 aromatic carbocycles. The number of carbonyl (C=O) groups excluding carboxylic acids is 1. The van der Waals surface area contributed by atoms with E-state index in [9.17, 15) is 14.7 Å². The van der Waals surface area contributed by atoms with E-state index in [2.05, 4.69) is 15.5 Å². The third-order valence-corrected chi connectivity index (χ3v) is 3.81. The second-order valence-electron chi connectivity index (χ2n) is 5.39. The Bertz CT molecular complexity index is 536. The predicted octanol–water partition coefficient (Wildman–Crippen LogP) is 1.61. The van der Waals surface area contributed by atoms with Gasteiger partial charge in [0.1, 0.15) is 5.54 Å². The minimum Gasteiger partial charge on any atom is -0.480 e. The van der Waals surface area contributed by atoms with Crippen molar-refractivity contribution < 1.29 is 14.7 Å². The molecule has 0 spiro atoms. The Balaban J connectivity index is 2.24. The largest absolute Gasteiger partial charge is 0.480 e. The van der Waals surface area contributed by atoms with Crippen LogP contribution < -0.4 is 5.32 Å². The van der Waals surface area contributed by atoms with E-state index in [1.807, 2.05) is 0 Å². The van der Waals surface area contributed by atoms with Gasteiger partial charge in [-0.3, -0.25) is 4.79 Å². The summed E-state index contributed by atoms with van der Waals surface area (Å²) in [5.41, 5.74) is 0.390. The number of rotatable bonds is 3. The van der Waals surface area contributed by atoms with Crippen LogP contribution in [0.1, 0.15) is 53.8 Å². The molecule has 0 bridgehead atoms. The first kappa shape index (κ1) is 14.4. The molecule has 108 valence electrons. The van der Waals surface area contributed by atoms with E-state index in [4.69, 9.17) is 0 Å². The average Bonchev–Trinajstić information content (AvgIpc) is 2.42. The van der Waals surface area contributed by atoms with Gasteiger partial charge in [0, 0.05) is 0 Å². The third-order valence-electron chi connectivity index (χ3n) is 3.81. The molecule has 0 unspecified atom stereocenters. The first-order chi connectivity index (χ1) is 9.44. The monoisotopic (exact) mass is 277 g/mol. The molecule has 2 rings (SSSR count). The Labute approximate surface area is 117 Å². The van der Waals surface area contributed by atoms with Gasteiger partial charge >= 0.3 is 5.97 Å². The Morgan fingerprint density at radius 1 is 1.20 bits per heavy atom. The van der Waals surface area contributed by atoms with E-state index in [1.54, 1.807) is 19.9 Å². The van der Waals surface area contributed by atoms with Crippen molar-refractivity contribution in [3.8, 4) is 0 Å². The number of nitrogens with zero attached hydrogens (tertiary/aromatic N) is 2. The van der Waals surface area contributed by atoms with Crippen molar-refractivity contribution in [1.82, 2.24) is 15.5 Å². The standard InChI is InChI=1S/C14H19N3O3/c1-9-8-11(10(2)17-16-9)12(18)15-14(13(19)20)6-4-3-5-7-14/h8H,3-7H2,1-2H3,(H,15,18)(H,19,20). The molecule has 2 N–H and O–H groups in total. The molecule has 6 heteroatoms. The van der Waals surface area contributed by atoms with Gasteiger partial charge in [0.15, 0.2) is 0 Å². The molecular weight excluding hydrogens is 258 g/mol. The number of aryl methyl sites for hydroxylation is 2. The SMILES string of the molecule is Cc1cc(C(=O)NC2(C(=O)O)CCCCC2)c(C)nn1. The lowest BCUT2D eigenvalue weighted by atomic mass is 9.81. The summed E-state index contributed by atoms with van der Waals surface area (Å²) in [5, 5.41) is 20.0. The molecule has 1 saturated carbocycles. The summed E-state index contributed by atoms with van der Waals surface area (Å²) >= 11 is 0. The van der Waals surface area contributed by atoms with E-state index in [0.29, 0.717) is 29.8 Å². The number of aromatic nitrogens is 2. The van der Waals surface area contributed by atoms with Crippen LogP contribution in [0, 0.1) is 13.8 Å². The number of carboxylic acid groups (broad SMARTS) is 1. The fourth-order valence-electron chi connectivity index (χ4n) is 2.61. The number of hydrogen-bond donors (Lipinski definition) is 2. The highest BCUT2D eigenvalue weighted by molar-refractivity contribution is 5.98. The number of nitrogens with one attached hydrogen (secondary N) is 1. The summed E-state index contributed by atoms with van der Waals surface area (Å²) < 4.78 is 0. The second-order valence-corrected chi connectivity index (χ2v) is 5.39. The maximum Gasteiger partial charge on any atom is 0.329 e. The minimum atomic E-state index is -1.14. The van der Waals surface area contributed by atoms with E-state index < -0.39 is 11.5 Å². The van der Waals surface area contributed by atoms with Crippen molar-refractivity contribution in [2.24, 2.45) is 0 Å². The summed E-state index contributed by atoms with van der Waals surface area (Å²) in [6.45, 7) is 3.44. The molecule has 0 saturated heterocycles. The first-order valence-corrected chi connectivity index (χ1v) is 6.81. The molecule has 1 aromatic heterocycles. The van der Waals surface area contributed by atoms with Gasteiger partial charge in [0.05, 0.1) is 17.0 Å². The molecule has 0 atom stereocenters. The predicted molar refractivity (Wildman–Crippen MR) is 72.4 cm³/mol. The summed E-state index contributed by atoms with van der Waals surface area (Å²) in [5.74, 6) is -1.34. The molecule has 1 aliphatic carbocycles. The van der Waals surface area contributed by atoms with Crippen LogP contribution in [0.15, 0.2) is 6.07 Å². The summed E-state index contributed by atoms with van der Waals surface area (Å²) in [6.07, 6.45) is 3.60.